The number of carbonyl (C=O) groups excluding carboxylic acids is 1. The van der Waals surface area contributed by atoms with Gasteiger partial charge in [-0.1, -0.05) is 35.5 Å². The predicted octanol–water partition coefficient (Wildman–Crippen LogP) is 4.30. The number of esters is 1. The van der Waals surface area contributed by atoms with Crippen molar-refractivity contribution in [1.82, 2.24) is 10.1 Å². The summed E-state index contributed by atoms with van der Waals surface area (Å²) in [7, 11) is 0. The summed E-state index contributed by atoms with van der Waals surface area (Å²) in [5.74, 6) is -5.07. The van der Waals surface area contributed by atoms with Crippen LogP contribution in [0.25, 0.3) is 0 Å². The minimum absolute atomic E-state index is 0.0277. The summed E-state index contributed by atoms with van der Waals surface area (Å²) in [5, 5.41) is 3.65. The Labute approximate surface area is 148 Å². The zero-order valence-corrected chi connectivity index (χ0v) is 14.7. The molecule has 0 fully saturated rings. The Morgan fingerprint density at radius 2 is 1.88 bits per heavy atom. The van der Waals surface area contributed by atoms with E-state index in [0.29, 0.717) is 5.02 Å². The zero-order valence-electron chi connectivity index (χ0n) is 14.0. The lowest BCUT2D eigenvalue weighted by molar-refractivity contribution is -0.150. The van der Waals surface area contributed by atoms with E-state index >= 15 is 0 Å². The van der Waals surface area contributed by atoms with Crippen molar-refractivity contribution >= 4 is 17.6 Å². The Kier molecular flexibility index (Phi) is 5.27. The van der Waals surface area contributed by atoms with E-state index in [2.05, 4.69) is 16.7 Å². The lowest BCUT2D eigenvalue weighted by atomic mass is 10.1. The lowest BCUT2D eigenvalue weighted by Crippen LogP contribution is -2.25. The van der Waals surface area contributed by atoms with Crippen molar-refractivity contribution in [3.8, 4) is 0 Å². The molecule has 0 unspecified atom stereocenters. The molecule has 0 atom stereocenters. The van der Waals surface area contributed by atoms with E-state index in [1.807, 2.05) is 0 Å². The van der Waals surface area contributed by atoms with E-state index in [9.17, 15) is 13.6 Å². The van der Waals surface area contributed by atoms with E-state index in [0.717, 1.165) is 0 Å². The van der Waals surface area contributed by atoms with Gasteiger partial charge in [0, 0.05) is 16.2 Å². The summed E-state index contributed by atoms with van der Waals surface area (Å²) in [4.78, 5) is 15.5. The van der Waals surface area contributed by atoms with Gasteiger partial charge in [0.05, 0.1) is 6.42 Å². The monoisotopic (exact) mass is 370 g/mol. The van der Waals surface area contributed by atoms with E-state index in [4.69, 9.17) is 20.9 Å². The van der Waals surface area contributed by atoms with Crippen molar-refractivity contribution in [3.63, 3.8) is 0 Å². The highest BCUT2D eigenvalue weighted by Gasteiger charge is 2.39. The number of aromatic nitrogens is 2. The van der Waals surface area contributed by atoms with Crippen molar-refractivity contribution in [2.75, 3.05) is 0 Å². The molecule has 0 aliphatic carbocycles. The van der Waals surface area contributed by atoms with Gasteiger partial charge in [-0.25, -0.2) is 4.79 Å². The number of benzene rings is 1. The molecule has 1 heterocycles. The van der Waals surface area contributed by atoms with Crippen LogP contribution >= 0.6 is 11.6 Å². The van der Waals surface area contributed by atoms with Crippen molar-refractivity contribution < 1.29 is 22.8 Å². The first-order chi connectivity index (χ1) is 11.5. The predicted molar refractivity (Wildman–Crippen MR) is 87.4 cm³/mol. The van der Waals surface area contributed by atoms with Crippen LogP contribution in [-0.2, 0) is 21.9 Å². The van der Waals surface area contributed by atoms with Crippen LogP contribution in [0.5, 0.6) is 0 Å². The fraction of sp³-hybridized carbons (Fsp3) is 0.353. The summed E-state index contributed by atoms with van der Waals surface area (Å²) in [5.41, 5.74) is -0.989. The van der Waals surface area contributed by atoms with Crippen LogP contribution in [0.3, 0.4) is 0 Å². The molecule has 0 aliphatic heterocycles. The molecule has 134 valence electrons. The van der Waals surface area contributed by atoms with Crippen molar-refractivity contribution in [2.45, 2.75) is 38.7 Å². The van der Waals surface area contributed by atoms with Crippen LogP contribution in [0.2, 0.25) is 5.02 Å². The number of carbonyl (C=O) groups is 1. The third kappa shape index (κ3) is 4.85. The molecule has 2 rings (SSSR count). The van der Waals surface area contributed by atoms with Crippen molar-refractivity contribution in [1.29, 1.82) is 0 Å². The number of hydrogen-bond acceptors (Lipinski definition) is 5. The maximum atomic E-state index is 14.4. The van der Waals surface area contributed by atoms with Crippen molar-refractivity contribution in [3.05, 3.63) is 58.7 Å². The smallest absolute Gasteiger partial charge is 0.335 e. The summed E-state index contributed by atoms with van der Waals surface area (Å²) in [6, 6.07) is 5.04. The second-order valence-electron chi connectivity index (χ2n) is 6.38. The highest BCUT2D eigenvalue weighted by atomic mass is 35.5. The number of ether oxygens (including phenoxy) is 1. The minimum atomic E-state index is -3.46. The van der Waals surface area contributed by atoms with Crippen molar-refractivity contribution in [2.24, 2.45) is 0 Å². The van der Waals surface area contributed by atoms with Crippen LogP contribution in [0.1, 0.15) is 38.0 Å². The van der Waals surface area contributed by atoms with E-state index in [-0.39, 0.29) is 23.4 Å². The second kappa shape index (κ2) is 6.92. The normalized spacial score (nSPS) is 12.1. The van der Waals surface area contributed by atoms with E-state index in [1.165, 1.54) is 24.3 Å². The SMILES string of the molecule is C=C(Cc1nc(C(F)(F)c2ccc(Cl)cc2)no1)C(=O)OC(C)(C)C. The Balaban J connectivity index is 2.12. The first-order valence-electron chi connectivity index (χ1n) is 7.37. The zero-order chi connectivity index (χ0) is 18.8. The van der Waals surface area contributed by atoms with Gasteiger partial charge in [0.15, 0.2) is 0 Å². The maximum absolute atomic E-state index is 14.4. The molecule has 8 heteroatoms. The van der Waals surface area contributed by atoms with Gasteiger partial charge >= 0.3 is 11.9 Å². The molecule has 25 heavy (non-hydrogen) atoms. The Morgan fingerprint density at radius 3 is 2.44 bits per heavy atom. The van der Waals surface area contributed by atoms with E-state index in [1.54, 1.807) is 20.8 Å². The van der Waals surface area contributed by atoms with Gasteiger partial charge < -0.3 is 9.26 Å². The second-order valence-corrected chi connectivity index (χ2v) is 6.81. The largest absolute Gasteiger partial charge is 0.457 e. The molecule has 0 N–H and O–H groups in total. The molecule has 5 nitrogen and oxygen atoms in total. The van der Waals surface area contributed by atoms with Crippen LogP contribution < -0.4 is 0 Å². The highest BCUT2D eigenvalue weighted by Crippen LogP contribution is 2.34. The average Bonchev–Trinajstić information content (AvgIpc) is 2.95. The number of alkyl halides is 2. The summed E-state index contributed by atoms with van der Waals surface area (Å²) >= 11 is 5.70. The maximum Gasteiger partial charge on any atom is 0.335 e. The van der Waals surface area contributed by atoms with Gasteiger partial charge in [0.2, 0.25) is 11.7 Å². The van der Waals surface area contributed by atoms with Gasteiger partial charge in [-0.05, 0) is 32.9 Å². The molecule has 0 saturated heterocycles. The van der Waals surface area contributed by atoms with Crippen LogP contribution in [0.15, 0.2) is 40.9 Å². The number of halogens is 3. The Hall–Kier alpha value is -2.28. The lowest BCUT2D eigenvalue weighted by Gasteiger charge is -2.19. The minimum Gasteiger partial charge on any atom is -0.457 e. The first-order valence-corrected chi connectivity index (χ1v) is 7.75. The molecule has 0 saturated carbocycles. The van der Waals surface area contributed by atoms with Gasteiger partial charge in [-0.15, -0.1) is 0 Å². The third-order valence-corrected chi connectivity index (χ3v) is 3.26. The summed E-state index contributed by atoms with van der Waals surface area (Å²) < 4.78 is 38.8. The molecule has 0 aliphatic rings. The molecule has 0 radical (unpaired) electrons. The van der Waals surface area contributed by atoms with Crippen LogP contribution in [-0.4, -0.2) is 21.7 Å². The summed E-state index contributed by atoms with van der Waals surface area (Å²) in [6.45, 7) is 8.68. The molecule has 0 spiro atoms. The van der Waals surface area contributed by atoms with Gasteiger partial charge in [0.1, 0.15) is 5.60 Å². The van der Waals surface area contributed by atoms with E-state index < -0.39 is 23.3 Å². The molecular formula is C17H17ClF2N2O3. The fourth-order valence-corrected chi connectivity index (χ4v) is 1.97. The Bertz CT molecular complexity index is 780. The average molecular weight is 371 g/mol. The van der Waals surface area contributed by atoms with Gasteiger partial charge in [-0.2, -0.15) is 13.8 Å². The molecule has 0 bridgehead atoms. The van der Waals surface area contributed by atoms with Crippen LogP contribution in [0.4, 0.5) is 8.78 Å². The molecule has 1 aromatic heterocycles. The quantitative estimate of drug-likeness (QED) is 0.579. The Morgan fingerprint density at radius 1 is 1.28 bits per heavy atom. The number of nitrogens with zero attached hydrogens (tertiary/aromatic N) is 2. The molecule has 2 aromatic rings. The highest BCUT2D eigenvalue weighted by molar-refractivity contribution is 6.30. The number of rotatable bonds is 5. The molecular weight excluding hydrogens is 354 g/mol. The summed E-state index contributed by atoms with van der Waals surface area (Å²) in [6.07, 6.45) is -0.182. The molecule has 0 amide bonds. The third-order valence-electron chi connectivity index (χ3n) is 3.01. The van der Waals surface area contributed by atoms with Crippen LogP contribution in [0, 0.1) is 0 Å². The standard InChI is InChI=1S/C17H17ClF2N2O3/c1-10(14(23)24-16(2,3)4)9-13-21-15(22-25-13)17(19,20)11-5-7-12(18)8-6-11/h5-8H,1,9H2,2-4H3. The topological polar surface area (TPSA) is 65.2 Å². The fourth-order valence-electron chi connectivity index (χ4n) is 1.85. The first kappa shape index (κ1) is 19.1. The number of hydrogen-bond donors (Lipinski definition) is 0. The molecule has 1 aromatic carbocycles. The van der Waals surface area contributed by atoms with Gasteiger partial charge in [-0.3, -0.25) is 0 Å². The van der Waals surface area contributed by atoms with Gasteiger partial charge in [0.25, 0.3) is 0 Å².